The van der Waals surface area contributed by atoms with E-state index in [-0.39, 0.29) is 17.9 Å². The number of allylic oxidation sites excluding steroid dienone is 1. The average molecular weight is 429 g/mol. The molecule has 0 unspecified atom stereocenters. The molecule has 1 N–H and O–H groups in total. The van der Waals surface area contributed by atoms with E-state index >= 15 is 0 Å². The maximum absolute atomic E-state index is 13.3. The van der Waals surface area contributed by atoms with Crippen molar-refractivity contribution in [3.05, 3.63) is 88.9 Å². The van der Waals surface area contributed by atoms with Gasteiger partial charge < -0.3 is 14.6 Å². The third-order valence-corrected chi connectivity index (χ3v) is 5.19. The molecule has 0 atom stereocenters. The van der Waals surface area contributed by atoms with E-state index in [1.165, 1.54) is 11.6 Å². The van der Waals surface area contributed by atoms with Crippen molar-refractivity contribution < 1.29 is 9.53 Å². The molecule has 0 spiro atoms. The number of carbonyl (C=O) groups excluding carboxylic acids is 1. The predicted molar refractivity (Wildman–Crippen MR) is 123 cm³/mol. The van der Waals surface area contributed by atoms with Crippen LogP contribution in [-0.2, 0) is 17.8 Å². The number of hydrogen-bond acceptors (Lipinski definition) is 5. The third kappa shape index (κ3) is 3.90. The van der Waals surface area contributed by atoms with E-state index < -0.39 is 0 Å². The predicted octanol–water partition coefficient (Wildman–Crippen LogP) is 3.24. The van der Waals surface area contributed by atoms with E-state index in [0.717, 1.165) is 5.56 Å². The Hall–Kier alpha value is -4.20. The Bertz CT molecular complexity index is 1360. The summed E-state index contributed by atoms with van der Waals surface area (Å²) in [6, 6.07) is 16.5. The summed E-state index contributed by atoms with van der Waals surface area (Å²) in [5, 5.41) is 7.25. The van der Waals surface area contributed by atoms with E-state index in [1.54, 1.807) is 31.2 Å². The minimum atomic E-state index is -0.373. The van der Waals surface area contributed by atoms with Crippen LogP contribution in [0.2, 0.25) is 0 Å². The van der Waals surface area contributed by atoms with Gasteiger partial charge in [-0.15, -0.1) is 11.7 Å². The molecule has 0 aliphatic carbocycles. The number of amides is 1. The number of benzene rings is 2. The topological polar surface area (TPSA) is 90.5 Å². The first-order valence-electron chi connectivity index (χ1n) is 10.1. The SMILES string of the molecule is C=CCn1c(C)c(CC(=O)Nc2ccccc2OC)c(=O)n2nc(-c3ccccc3)nc12. The molecule has 2 aromatic heterocycles. The molecule has 0 fully saturated rings. The fraction of sp³-hybridized carbons (Fsp3) is 0.167. The van der Waals surface area contributed by atoms with Gasteiger partial charge in [0.15, 0.2) is 5.82 Å². The molecule has 2 heterocycles. The number of nitrogens with zero attached hydrogens (tertiary/aromatic N) is 4. The highest BCUT2D eigenvalue weighted by atomic mass is 16.5. The van der Waals surface area contributed by atoms with Gasteiger partial charge in [0.1, 0.15) is 5.75 Å². The maximum atomic E-state index is 13.3. The summed E-state index contributed by atoms with van der Waals surface area (Å²) in [4.78, 5) is 30.7. The van der Waals surface area contributed by atoms with Crippen molar-refractivity contribution in [1.29, 1.82) is 0 Å². The Balaban J connectivity index is 1.76. The molecule has 1 amide bonds. The minimum absolute atomic E-state index is 0.115. The summed E-state index contributed by atoms with van der Waals surface area (Å²) in [5.74, 6) is 1.05. The molecule has 0 saturated carbocycles. The summed E-state index contributed by atoms with van der Waals surface area (Å²) in [6.45, 7) is 6.03. The molecular weight excluding hydrogens is 406 g/mol. The molecule has 8 heteroatoms. The number of fused-ring (bicyclic) bond motifs is 1. The number of para-hydroxylation sites is 2. The summed E-state index contributed by atoms with van der Waals surface area (Å²) in [7, 11) is 1.53. The molecule has 4 rings (SSSR count). The van der Waals surface area contributed by atoms with Crippen molar-refractivity contribution in [3.63, 3.8) is 0 Å². The number of aromatic nitrogens is 4. The first-order valence-corrected chi connectivity index (χ1v) is 10.1. The second kappa shape index (κ2) is 8.89. The summed E-state index contributed by atoms with van der Waals surface area (Å²) in [5.41, 5.74) is 1.95. The van der Waals surface area contributed by atoms with Crippen molar-refractivity contribution in [1.82, 2.24) is 19.2 Å². The molecule has 32 heavy (non-hydrogen) atoms. The molecular formula is C24H23N5O3. The fourth-order valence-electron chi connectivity index (χ4n) is 3.57. The minimum Gasteiger partial charge on any atom is -0.495 e. The summed E-state index contributed by atoms with van der Waals surface area (Å²) >= 11 is 0. The number of hydrogen-bond donors (Lipinski definition) is 1. The first kappa shape index (κ1) is 21.0. The molecule has 0 saturated heterocycles. The molecule has 0 radical (unpaired) electrons. The Kier molecular flexibility index (Phi) is 5.85. The zero-order valence-electron chi connectivity index (χ0n) is 17.9. The van der Waals surface area contributed by atoms with Crippen LogP contribution in [0.15, 0.2) is 72.0 Å². The van der Waals surface area contributed by atoms with E-state index in [4.69, 9.17) is 4.74 Å². The molecule has 8 nitrogen and oxygen atoms in total. The lowest BCUT2D eigenvalue weighted by Gasteiger charge is -2.14. The van der Waals surface area contributed by atoms with Crippen molar-refractivity contribution in [3.8, 4) is 17.1 Å². The second-order valence-corrected chi connectivity index (χ2v) is 7.21. The number of ether oxygens (including phenoxy) is 1. The number of nitrogens with one attached hydrogen (secondary N) is 1. The van der Waals surface area contributed by atoms with Gasteiger partial charge in [0.25, 0.3) is 5.56 Å². The lowest BCUT2D eigenvalue weighted by Crippen LogP contribution is -2.29. The fourth-order valence-corrected chi connectivity index (χ4v) is 3.57. The molecule has 4 aromatic rings. The monoisotopic (exact) mass is 429 g/mol. The van der Waals surface area contributed by atoms with E-state index in [1.807, 2.05) is 41.0 Å². The van der Waals surface area contributed by atoms with Gasteiger partial charge in [-0.1, -0.05) is 48.5 Å². The number of rotatable bonds is 7. The molecule has 0 bridgehead atoms. The molecule has 0 aliphatic rings. The zero-order valence-corrected chi connectivity index (χ0v) is 17.9. The second-order valence-electron chi connectivity index (χ2n) is 7.21. The van der Waals surface area contributed by atoms with Gasteiger partial charge in [-0.2, -0.15) is 9.50 Å². The highest BCUT2D eigenvalue weighted by Gasteiger charge is 2.20. The van der Waals surface area contributed by atoms with Crippen LogP contribution in [0.1, 0.15) is 11.3 Å². The Labute approximate surface area is 184 Å². The van der Waals surface area contributed by atoms with E-state index in [9.17, 15) is 9.59 Å². The van der Waals surface area contributed by atoms with Gasteiger partial charge >= 0.3 is 0 Å². The highest BCUT2D eigenvalue weighted by Crippen LogP contribution is 2.23. The Morgan fingerprint density at radius 2 is 1.88 bits per heavy atom. The quantitative estimate of drug-likeness (QED) is 0.456. The number of anilines is 1. The first-order chi connectivity index (χ1) is 15.5. The van der Waals surface area contributed by atoms with Crippen LogP contribution in [0.4, 0.5) is 5.69 Å². The van der Waals surface area contributed by atoms with Gasteiger partial charge in [-0.25, -0.2) is 0 Å². The molecule has 2 aromatic carbocycles. The van der Waals surface area contributed by atoms with Gasteiger partial charge in [-0.3, -0.25) is 9.59 Å². The van der Waals surface area contributed by atoms with Crippen LogP contribution in [0.3, 0.4) is 0 Å². The summed E-state index contributed by atoms with van der Waals surface area (Å²) < 4.78 is 8.37. The molecule has 0 aliphatic heterocycles. The lowest BCUT2D eigenvalue weighted by molar-refractivity contribution is -0.115. The van der Waals surface area contributed by atoms with Crippen LogP contribution in [0.5, 0.6) is 5.75 Å². The number of methoxy groups -OCH3 is 1. The van der Waals surface area contributed by atoms with E-state index in [0.29, 0.717) is 40.8 Å². The van der Waals surface area contributed by atoms with Gasteiger partial charge in [0.2, 0.25) is 11.7 Å². The standard InChI is InChI=1S/C24H23N5O3/c1-4-14-28-16(2)18(15-21(30)25-19-12-8-9-13-20(19)32-3)23(31)29-24(28)26-22(27-29)17-10-6-5-7-11-17/h4-13H,1,14-15H2,2-3H3,(H,25,30). The van der Waals surface area contributed by atoms with Gasteiger partial charge in [-0.05, 0) is 19.1 Å². The van der Waals surface area contributed by atoms with Crippen molar-refractivity contribution in [2.24, 2.45) is 0 Å². The number of carbonyl (C=O) groups is 1. The van der Waals surface area contributed by atoms with Crippen LogP contribution in [-0.4, -0.2) is 32.2 Å². The third-order valence-electron chi connectivity index (χ3n) is 5.19. The van der Waals surface area contributed by atoms with Crippen LogP contribution in [0.25, 0.3) is 17.2 Å². The van der Waals surface area contributed by atoms with Crippen LogP contribution in [0, 0.1) is 6.92 Å². The smallest absolute Gasteiger partial charge is 0.279 e. The van der Waals surface area contributed by atoms with Gasteiger partial charge in [0.05, 0.1) is 19.2 Å². The van der Waals surface area contributed by atoms with Crippen molar-refractivity contribution in [2.45, 2.75) is 19.9 Å². The van der Waals surface area contributed by atoms with Crippen molar-refractivity contribution >= 4 is 17.4 Å². The average Bonchev–Trinajstić information content (AvgIpc) is 3.26. The van der Waals surface area contributed by atoms with E-state index in [2.05, 4.69) is 22.0 Å². The zero-order chi connectivity index (χ0) is 22.7. The summed E-state index contributed by atoms with van der Waals surface area (Å²) in [6.07, 6.45) is 1.60. The lowest BCUT2D eigenvalue weighted by atomic mass is 10.1. The van der Waals surface area contributed by atoms with Crippen LogP contribution < -0.4 is 15.6 Å². The maximum Gasteiger partial charge on any atom is 0.279 e. The molecule has 162 valence electrons. The largest absolute Gasteiger partial charge is 0.495 e. The van der Waals surface area contributed by atoms with Crippen LogP contribution >= 0.6 is 0 Å². The van der Waals surface area contributed by atoms with Crippen molar-refractivity contribution in [2.75, 3.05) is 12.4 Å². The normalized spacial score (nSPS) is 10.8. The van der Waals surface area contributed by atoms with Gasteiger partial charge in [0, 0.05) is 23.4 Å². The highest BCUT2D eigenvalue weighted by molar-refractivity contribution is 5.93. The Morgan fingerprint density at radius 3 is 2.59 bits per heavy atom. The Morgan fingerprint density at radius 1 is 1.16 bits per heavy atom.